The molecule has 0 radical (unpaired) electrons. The first-order valence-electron chi connectivity index (χ1n) is 8.01. The summed E-state index contributed by atoms with van der Waals surface area (Å²) < 4.78 is 29.8. The molecule has 0 saturated carbocycles. The molecule has 0 amide bonds. The van der Waals surface area contributed by atoms with Gasteiger partial charge in [0.25, 0.3) is 0 Å². The largest absolute Gasteiger partial charge is 0.465 e. The van der Waals surface area contributed by atoms with Crippen LogP contribution in [0.5, 0.6) is 0 Å². The fourth-order valence-electron chi connectivity index (χ4n) is 2.12. The second-order valence-corrected chi connectivity index (χ2v) is 9.12. The molecule has 1 aromatic carbocycles. The molecule has 0 aliphatic carbocycles. The molecular weight excluding hydrogens is 402 g/mol. The van der Waals surface area contributed by atoms with Gasteiger partial charge in [0.1, 0.15) is 21.5 Å². The highest BCUT2D eigenvalue weighted by molar-refractivity contribution is 7.92. The Morgan fingerprint density at radius 3 is 2.43 bits per heavy atom. The van der Waals surface area contributed by atoms with Gasteiger partial charge in [-0.15, -0.1) is 11.3 Å². The Hall–Kier alpha value is -3.03. The van der Waals surface area contributed by atoms with Gasteiger partial charge in [0.05, 0.1) is 12.4 Å². The van der Waals surface area contributed by atoms with E-state index in [1.54, 1.807) is 24.3 Å². The lowest BCUT2D eigenvalue weighted by molar-refractivity contribution is 0.0607. The molecule has 0 bridgehead atoms. The van der Waals surface area contributed by atoms with Crippen molar-refractivity contribution in [1.29, 1.82) is 5.26 Å². The Labute approximate surface area is 166 Å². The molecule has 0 spiro atoms. The van der Waals surface area contributed by atoms with E-state index in [9.17, 15) is 23.3 Å². The molecule has 1 heterocycles. The van der Waals surface area contributed by atoms with E-state index in [4.69, 9.17) is 0 Å². The standard InChI is InChI=1S/C18H17N3O5S2/c1-11(2)28(24,25)14-10-27-17(18(23)26-3)15(14)21-20-13(9-19)16(22)12-7-5-4-6-8-12/h4-8,10-11,21H,1-3H3/b20-13+. The van der Waals surface area contributed by atoms with Crippen LogP contribution in [0.1, 0.15) is 33.9 Å². The normalized spacial score (nSPS) is 11.8. The molecule has 146 valence electrons. The Bertz CT molecular complexity index is 1060. The number of hydrogen-bond acceptors (Lipinski definition) is 9. The van der Waals surface area contributed by atoms with E-state index in [0.29, 0.717) is 0 Å². The van der Waals surface area contributed by atoms with Crippen molar-refractivity contribution in [3.05, 3.63) is 46.2 Å². The Balaban J connectivity index is 2.50. The van der Waals surface area contributed by atoms with Crippen LogP contribution < -0.4 is 5.43 Å². The number of ketones is 1. The average molecular weight is 419 g/mol. The number of thiophene rings is 1. The van der Waals surface area contributed by atoms with Crippen LogP contribution in [0, 0.1) is 11.3 Å². The summed E-state index contributed by atoms with van der Waals surface area (Å²) in [5, 5.41) is 13.6. The number of methoxy groups -OCH3 is 1. The van der Waals surface area contributed by atoms with Crippen molar-refractivity contribution in [3.63, 3.8) is 0 Å². The highest BCUT2D eigenvalue weighted by Gasteiger charge is 2.29. The molecule has 1 aromatic heterocycles. The predicted octanol–water partition coefficient (Wildman–Crippen LogP) is 2.89. The summed E-state index contributed by atoms with van der Waals surface area (Å²) in [5.74, 6) is -1.40. The van der Waals surface area contributed by atoms with Crippen LogP contribution in [0.4, 0.5) is 5.69 Å². The van der Waals surface area contributed by atoms with E-state index in [2.05, 4.69) is 15.3 Å². The first kappa shape index (κ1) is 21.3. The predicted molar refractivity (Wildman–Crippen MR) is 105 cm³/mol. The van der Waals surface area contributed by atoms with Gasteiger partial charge in [-0.25, -0.2) is 13.2 Å². The first-order chi connectivity index (χ1) is 13.2. The molecule has 0 aliphatic heterocycles. The molecule has 10 heteroatoms. The lowest BCUT2D eigenvalue weighted by atomic mass is 10.1. The van der Waals surface area contributed by atoms with E-state index in [-0.39, 0.29) is 21.0 Å². The quantitative estimate of drug-likeness (QED) is 0.316. The van der Waals surface area contributed by atoms with E-state index in [1.165, 1.54) is 31.4 Å². The summed E-state index contributed by atoms with van der Waals surface area (Å²) in [6, 6.07) is 9.72. The summed E-state index contributed by atoms with van der Waals surface area (Å²) in [6.45, 7) is 3.00. The second kappa shape index (κ2) is 8.77. The SMILES string of the molecule is COC(=O)c1scc(S(=O)(=O)C(C)C)c1N/N=C(\C#N)C(=O)c1ccccc1. The van der Waals surface area contributed by atoms with Crippen molar-refractivity contribution < 1.29 is 22.7 Å². The number of sulfone groups is 1. The minimum absolute atomic E-state index is 0.0325. The van der Waals surface area contributed by atoms with Crippen LogP contribution in [0.15, 0.2) is 45.7 Å². The van der Waals surface area contributed by atoms with Gasteiger partial charge < -0.3 is 4.74 Å². The number of nitrogens with one attached hydrogen (secondary N) is 1. The number of Topliss-reactive ketones (excluding diaryl/α,β-unsaturated/α-hetero) is 1. The zero-order valence-corrected chi connectivity index (χ0v) is 16.9. The van der Waals surface area contributed by atoms with Crippen molar-refractivity contribution in [2.45, 2.75) is 24.0 Å². The fourth-order valence-corrected chi connectivity index (χ4v) is 4.60. The van der Waals surface area contributed by atoms with Crippen LogP contribution in [0.25, 0.3) is 0 Å². The Morgan fingerprint density at radius 1 is 1.25 bits per heavy atom. The molecule has 2 rings (SSSR count). The number of esters is 1. The highest BCUT2D eigenvalue weighted by Crippen LogP contribution is 2.34. The third-order valence-electron chi connectivity index (χ3n) is 3.69. The molecule has 0 atom stereocenters. The first-order valence-corrected chi connectivity index (χ1v) is 10.4. The van der Waals surface area contributed by atoms with E-state index < -0.39 is 32.6 Å². The monoisotopic (exact) mass is 419 g/mol. The molecular formula is C18H17N3O5S2. The van der Waals surface area contributed by atoms with Gasteiger partial charge in [-0.3, -0.25) is 10.2 Å². The second-order valence-electron chi connectivity index (χ2n) is 5.77. The lowest BCUT2D eigenvalue weighted by Crippen LogP contribution is -2.17. The third-order valence-corrected chi connectivity index (χ3v) is 6.98. The molecule has 2 aromatic rings. The summed E-state index contributed by atoms with van der Waals surface area (Å²) in [6.07, 6.45) is 0. The smallest absolute Gasteiger partial charge is 0.350 e. The number of ether oxygens (including phenoxy) is 1. The molecule has 0 saturated heterocycles. The maximum atomic E-state index is 12.6. The maximum Gasteiger partial charge on any atom is 0.350 e. The summed E-state index contributed by atoms with van der Waals surface area (Å²) in [5.41, 5.74) is 2.05. The van der Waals surface area contributed by atoms with Crippen LogP contribution >= 0.6 is 11.3 Å². The minimum Gasteiger partial charge on any atom is -0.465 e. The number of hydrazone groups is 1. The van der Waals surface area contributed by atoms with Crippen molar-refractivity contribution in [3.8, 4) is 6.07 Å². The molecule has 8 nitrogen and oxygen atoms in total. The molecule has 28 heavy (non-hydrogen) atoms. The number of carbonyl (C=O) groups excluding carboxylic acids is 2. The number of benzene rings is 1. The van der Waals surface area contributed by atoms with Gasteiger partial charge >= 0.3 is 5.97 Å². The van der Waals surface area contributed by atoms with Crippen LogP contribution in [0.3, 0.4) is 0 Å². The summed E-state index contributed by atoms with van der Waals surface area (Å²) >= 11 is 0.864. The Kier molecular flexibility index (Phi) is 6.66. The van der Waals surface area contributed by atoms with Gasteiger partial charge in [-0.1, -0.05) is 30.3 Å². The van der Waals surface area contributed by atoms with Crippen molar-refractivity contribution in [2.75, 3.05) is 12.5 Å². The van der Waals surface area contributed by atoms with Crippen molar-refractivity contribution in [1.82, 2.24) is 0 Å². The zero-order valence-electron chi connectivity index (χ0n) is 15.3. The minimum atomic E-state index is -3.75. The number of hydrogen-bond donors (Lipinski definition) is 1. The molecule has 0 aliphatic rings. The van der Waals surface area contributed by atoms with E-state index >= 15 is 0 Å². The number of nitrogens with zero attached hydrogens (tertiary/aromatic N) is 2. The fraction of sp³-hybridized carbons (Fsp3) is 0.222. The maximum absolute atomic E-state index is 12.6. The number of rotatable bonds is 7. The van der Waals surface area contributed by atoms with Crippen LogP contribution in [-0.2, 0) is 14.6 Å². The summed E-state index contributed by atoms with van der Waals surface area (Å²) in [4.78, 5) is 24.2. The van der Waals surface area contributed by atoms with E-state index in [1.807, 2.05) is 0 Å². The molecule has 0 unspecified atom stereocenters. The van der Waals surface area contributed by atoms with Gasteiger partial charge in [-0.05, 0) is 13.8 Å². The molecule has 0 fully saturated rings. The number of anilines is 1. The van der Waals surface area contributed by atoms with Crippen molar-refractivity contribution in [2.24, 2.45) is 5.10 Å². The van der Waals surface area contributed by atoms with E-state index in [0.717, 1.165) is 18.4 Å². The number of nitriles is 1. The van der Waals surface area contributed by atoms with Gasteiger partial charge in [0, 0.05) is 10.9 Å². The number of carbonyl (C=O) groups is 2. The molecule has 1 N–H and O–H groups in total. The average Bonchev–Trinajstić information content (AvgIpc) is 3.12. The Morgan fingerprint density at radius 2 is 1.89 bits per heavy atom. The zero-order chi connectivity index (χ0) is 20.9. The third kappa shape index (κ3) is 4.27. The van der Waals surface area contributed by atoms with Crippen LogP contribution in [0.2, 0.25) is 0 Å². The highest BCUT2D eigenvalue weighted by atomic mass is 32.2. The summed E-state index contributed by atoms with van der Waals surface area (Å²) in [7, 11) is -2.59. The van der Waals surface area contributed by atoms with Crippen LogP contribution in [-0.4, -0.2) is 38.2 Å². The lowest BCUT2D eigenvalue weighted by Gasteiger charge is -2.10. The topological polar surface area (TPSA) is 126 Å². The van der Waals surface area contributed by atoms with Gasteiger partial charge in [0.15, 0.2) is 9.84 Å². The van der Waals surface area contributed by atoms with Crippen molar-refractivity contribution >= 4 is 44.3 Å². The van der Waals surface area contributed by atoms with Gasteiger partial charge in [0.2, 0.25) is 11.5 Å². The van der Waals surface area contributed by atoms with Gasteiger partial charge in [-0.2, -0.15) is 10.4 Å².